The van der Waals surface area contributed by atoms with Gasteiger partial charge in [-0.2, -0.15) is 0 Å². The molecule has 3 rings (SSSR count). The Bertz CT molecular complexity index is 816. The number of hydrogen-bond donors (Lipinski definition) is 2. The normalized spacial score (nSPS) is 16.1. The Kier molecular flexibility index (Phi) is 7.32. The van der Waals surface area contributed by atoms with E-state index in [0.717, 1.165) is 31.7 Å². The molecule has 1 atom stereocenters. The average molecular weight is 412 g/mol. The molecule has 0 saturated carbocycles. The molecule has 1 saturated heterocycles. The smallest absolute Gasteiger partial charge is 0.251 e. The van der Waals surface area contributed by atoms with Crippen LogP contribution in [0.3, 0.4) is 0 Å². The zero-order chi connectivity index (χ0) is 21.6. The number of rotatable bonds is 7. The molecule has 0 spiro atoms. The summed E-state index contributed by atoms with van der Waals surface area (Å²) in [5.74, 6) is 0.410. The fourth-order valence-electron chi connectivity index (χ4n) is 3.78. The topological polar surface area (TPSA) is 74.6 Å². The van der Waals surface area contributed by atoms with Gasteiger partial charge in [0.05, 0.1) is 18.8 Å². The molecule has 6 heteroatoms. The van der Waals surface area contributed by atoms with E-state index in [1.165, 1.54) is 12.0 Å². The lowest BCUT2D eigenvalue weighted by Gasteiger charge is -2.33. The third-order valence-electron chi connectivity index (χ3n) is 5.62. The maximum Gasteiger partial charge on any atom is 0.251 e. The molecule has 1 unspecified atom stereocenters. The van der Waals surface area contributed by atoms with Crippen LogP contribution in [-0.4, -0.2) is 42.9 Å². The van der Waals surface area contributed by atoms with Gasteiger partial charge in [0, 0.05) is 12.1 Å². The van der Waals surface area contributed by atoms with Gasteiger partial charge in [0.15, 0.2) is 0 Å². The van der Waals surface area contributed by atoms with Crippen molar-refractivity contribution in [2.24, 2.45) is 0 Å². The second kappa shape index (κ2) is 9.94. The van der Waals surface area contributed by atoms with Gasteiger partial charge in [-0.15, -0.1) is 0 Å². The minimum absolute atomic E-state index is 0.0184. The number of carbonyl (C=O) groups excluding carboxylic acids is 2. The molecule has 30 heavy (non-hydrogen) atoms. The first-order valence-corrected chi connectivity index (χ1v) is 10.8. The molecule has 1 aromatic heterocycles. The summed E-state index contributed by atoms with van der Waals surface area (Å²) in [6.07, 6.45) is 5.24. The van der Waals surface area contributed by atoms with E-state index in [0.29, 0.717) is 12.1 Å². The summed E-state index contributed by atoms with van der Waals surface area (Å²) >= 11 is 0. The van der Waals surface area contributed by atoms with Gasteiger partial charge in [-0.05, 0) is 61.2 Å². The second-order valence-corrected chi connectivity index (χ2v) is 8.94. The summed E-state index contributed by atoms with van der Waals surface area (Å²) in [7, 11) is 0. The Balaban J connectivity index is 1.50. The summed E-state index contributed by atoms with van der Waals surface area (Å²) in [6, 6.07) is 11.4. The molecule has 2 aromatic rings. The Morgan fingerprint density at radius 3 is 2.33 bits per heavy atom. The van der Waals surface area contributed by atoms with Crippen LogP contribution in [0, 0.1) is 0 Å². The van der Waals surface area contributed by atoms with Crippen LogP contribution in [0.1, 0.15) is 67.8 Å². The third-order valence-corrected chi connectivity index (χ3v) is 5.62. The van der Waals surface area contributed by atoms with E-state index in [9.17, 15) is 9.59 Å². The van der Waals surface area contributed by atoms with Crippen molar-refractivity contribution < 1.29 is 14.0 Å². The molecule has 162 valence electrons. The van der Waals surface area contributed by atoms with E-state index in [4.69, 9.17) is 4.42 Å². The van der Waals surface area contributed by atoms with Gasteiger partial charge in [-0.3, -0.25) is 14.5 Å². The monoisotopic (exact) mass is 411 g/mol. The quantitative estimate of drug-likeness (QED) is 0.729. The number of amides is 2. The average Bonchev–Trinajstić information content (AvgIpc) is 3.27. The summed E-state index contributed by atoms with van der Waals surface area (Å²) in [6.45, 7) is 8.81. The zero-order valence-electron chi connectivity index (χ0n) is 18.2. The molecule has 0 bridgehead atoms. The van der Waals surface area contributed by atoms with Gasteiger partial charge in [-0.1, -0.05) is 39.3 Å². The maximum atomic E-state index is 12.4. The Morgan fingerprint density at radius 1 is 1.03 bits per heavy atom. The Labute approximate surface area is 179 Å². The van der Waals surface area contributed by atoms with Gasteiger partial charge in [-0.25, -0.2) is 0 Å². The number of carbonyl (C=O) groups is 2. The van der Waals surface area contributed by atoms with E-state index in [2.05, 4.69) is 36.3 Å². The highest BCUT2D eigenvalue weighted by Crippen LogP contribution is 2.24. The van der Waals surface area contributed by atoms with Gasteiger partial charge in [0.2, 0.25) is 5.91 Å². The summed E-state index contributed by atoms with van der Waals surface area (Å²) in [5.41, 5.74) is 1.75. The highest BCUT2D eigenvalue weighted by Gasteiger charge is 2.25. The molecular weight excluding hydrogens is 378 g/mol. The van der Waals surface area contributed by atoms with Crippen molar-refractivity contribution >= 4 is 11.8 Å². The van der Waals surface area contributed by atoms with Gasteiger partial charge < -0.3 is 15.1 Å². The molecule has 0 radical (unpaired) electrons. The molecule has 2 amide bonds. The minimum Gasteiger partial charge on any atom is -0.468 e. The summed E-state index contributed by atoms with van der Waals surface area (Å²) in [5, 5.41) is 5.66. The molecule has 1 aliphatic rings. The first kappa shape index (κ1) is 22.1. The predicted molar refractivity (Wildman–Crippen MR) is 117 cm³/mol. The van der Waals surface area contributed by atoms with Crippen LogP contribution in [0.5, 0.6) is 0 Å². The first-order valence-electron chi connectivity index (χ1n) is 10.8. The van der Waals surface area contributed by atoms with E-state index in [-0.39, 0.29) is 29.8 Å². The number of hydrogen-bond acceptors (Lipinski definition) is 4. The van der Waals surface area contributed by atoms with Gasteiger partial charge in [0.25, 0.3) is 5.91 Å². The van der Waals surface area contributed by atoms with E-state index in [1.807, 2.05) is 24.3 Å². The minimum atomic E-state index is -0.246. The van der Waals surface area contributed by atoms with E-state index >= 15 is 0 Å². The summed E-state index contributed by atoms with van der Waals surface area (Å²) < 4.78 is 5.61. The third kappa shape index (κ3) is 5.95. The number of nitrogens with zero attached hydrogens (tertiary/aromatic N) is 1. The van der Waals surface area contributed by atoms with Crippen LogP contribution < -0.4 is 10.6 Å². The lowest BCUT2D eigenvalue weighted by molar-refractivity contribution is -0.120. The van der Waals surface area contributed by atoms with Crippen LogP contribution in [0.25, 0.3) is 0 Å². The van der Waals surface area contributed by atoms with E-state index < -0.39 is 0 Å². The molecule has 0 aliphatic carbocycles. The fourth-order valence-corrected chi connectivity index (χ4v) is 3.78. The molecule has 1 aromatic carbocycles. The maximum absolute atomic E-state index is 12.4. The first-order chi connectivity index (χ1) is 14.3. The van der Waals surface area contributed by atoms with Crippen molar-refractivity contribution in [3.8, 4) is 0 Å². The van der Waals surface area contributed by atoms with Crippen LogP contribution in [0.2, 0.25) is 0 Å². The number of piperidine rings is 1. The van der Waals surface area contributed by atoms with Crippen molar-refractivity contribution in [3.63, 3.8) is 0 Å². The van der Waals surface area contributed by atoms with Crippen molar-refractivity contribution in [2.75, 3.05) is 26.2 Å². The van der Waals surface area contributed by atoms with Crippen LogP contribution >= 0.6 is 0 Å². The molecular formula is C24H33N3O3. The highest BCUT2D eigenvalue weighted by atomic mass is 16.3. The fraction of sp³-hybridized carbons (Fsp3) is 0.500. The standard InChI is InChI=1S/C24H33N3O3/c1-24(2,3)19-11-9-18(10-12-19)23(29)26-17-22(28)25-16-20(21-8-7-15-30-21)27-13-5-4-6-14-27/h7-12,15,20H,4-6,13-14,16-17H2,1-3H3,(H,25,28)(H,26,29). The van der Waals surface area contributed by atoms with Crippen molar-refractivity contribution in [2.45, 2.75) is 51.5 Å². The van der Waals surface area contributed by atoms with Crippen LogP contribution in [-0.2, 0) is 10.2 Å². The predicted octanol–water partition coefficient (Wildman–Crippen LogP) is 3.65. The Morgan fingerprint density at radius 2 is 1.73 bits per heavy atom. The van der Waals surface area contributed by atoms with Crippen molar-refractivity contribution in [3.05, 3.63) is 59.5 Å². The zero-order valence-corrected chi connectivity index (χ0v) is 18.2. The molecule has 1 aliphatic heterocycles. The highest BCUT2D eigenvalue weighted by molar-refractivity contribution is 5.96. The van der Waals surface area contributed by atoms with Gasteiger partial charge in [0.1, 0.15) is 5.76 Å². The van der Waals surface area contributed by atoms with Crippen LogP contribution in [0.15, 0.2) is 47.1 Å². The largest absolute Gasteiger partial charge is 0.468 e. The number of furan rings is 1. The molecule has 2 N–H and O–H groups in total. The molecule has 1 fully saturated rings. The van der Waals surface area contributed by atoms with Gasteiger partial charge >= 0.3 is 0 Å². The Hall–Kier alpha value is -2.60. The number of nitrogens with one attached hydrogen (secondary N) is 2. The van der Waals surface area contributed by atoms with E-state index in [1.54, 1.807) is 18.4 Å². The second-order valence-electron chi connectivity index (χ2n) is 8.94. The SMILES string of the molecule is CC(C)(C)c1ccc(C(=O)NCC(=O)NCC(c2ccco2)N2CCCCC2)cc1. The number of benzene rings is 1. The van der Waals surface area contributed by atoms with Crippen molar-refractivity contribution in [1.29, 1.82) is 0 Å². The van der Waals surface area contributed by atoms with Crippen molar-refractivity contribution in [1.82, 2.24) is 15.5 Å². The number of likely N-dealkylation sites (tertiary alicyclic amines) is 1. The lowest BCUT2D eigenvalue weighted by atomic mass is 9.87. The molecule has 2 heterocycles. The summed E-state index contributed by atoms with van der Waals surface area (Å²) in [4.78, 5) is 27.1. The lowest BCUT2D eigenvalue weighted by Crippen LogP contribution is -2.43. The molecule has 6 nitrogen and oxygen atoms in total. The van der Waals surface area contributed by atoms with Crippen LogP contribution in [0.4, 0.5) is 0 Å².